The summed E-state index contributed by atoms with van der Waals surface area (Å²) >= 11 is 9.30. The Morgan fingerprint density at radius 2 is 2.04 bits per heavy atom. The van der Waals surface area contributed by atoms with E-state index in [1.807, 2.05) is 12.1 Å². The largest absolute Gasteiger partial charge is 0.368 e. The molecular formula is C16H16BrClN4O. The SMILES string of the molecule is O=C(Nc1ccc(N2CCNCC2)cn1)c1cc(Cl)ccc1Br. The van der Waals surface area contributed by atoms with Crippen molar-refractivity contribution in [3.8, 4) is 0 Å². The number of hydrogen-bond donors (Lipinski definition) is 2. The lowest BCUT2D eigenvalue weighted by Gasteiger charge is -2.29. The molecule has 0 saturated carbocycles. The topological polar surface area (TPSA) is 57.3 Å². The highest BCUT2D eigenvalue weighted by molar-refractivity contribution is 9.10. The van der Waals surface area contributed by atoms with Crippen LogP contribution in [0.3, 0.4) is 0 Å². The van der Waals surface area contributed by atoms with Gasteiger partial charge >= 0.3 is 0 Å². The van der Waals surface area contributed by atoms with Crippen molar-refractivity contribution < 1.29 is 4.79 Å². The first-order chi connectivity index (χ1) is 11.1. The summed E-state index contributed by atoms with van der Waals surface area (Å²) in [5.41, 5.74) is 1.54. The first kappa shape index (κ1) is 16.2. The smallest absolute Gasteiger partial charge is 0.258 e. The molecule has 120 valence electrons. The maximum absolute atomic E-state index is 12.3. The number of pyridine rings is 1. The lowest BCUT2D eigenvalue weighted by Crippen LogP contribution is -2.43. The van der Waals surface area contributed by atoms with Gasteiger partial charge in [-0.05, 0) is 46.3 Å². The lowest BCUT2D eigenvalue weighted by molar-refractivity contribution is 0.102. The van der Waals surface area contributed by atoms with Gasteiger partial charge in [0.1, 0.15) is 5.82 Å². The molecular weight excluding hydrogens is 380 g/mol. The summed E-state index contributed by atoms with van der Waals surface area (Å²) < 4.78 is 0.692. The Morgan fingerprint density at radius 3 is 2.74 bits per heavy atom. The Kier molecular flexibility index (Phi) is 5.15. The molecule has 1 aliphatic heterocycles. The number of benzene rings is 1. The van der Waals surface area contributed by atoms with Crippen molar-refractivity contribution in [1.29, 1.82) is 0 Å². The third-order valence-corrected chi connectivity index (χ3v) is 4.57. The predicted octanol–water partition coefficient (Wildman–Crippen LogP) is 3.16. The highest BCUT2D eigenvalue weighted by Gasteiger charge is 2.13. The second-order valence-electron chi connectivity index (χ2n) is 5.22. The number of anilines is 2. The molecule has 7 heteroatoms. The summed E-state index contributed by atoms with van der Waals surface area (Å²) in [4.78, 5) is 18.9. The van der Waals surface area contributed by atoms with Gasteiger partial charge in [-0.1, -0.05) is 11.6 Å². The van der Waals surface area contributed by atoms with Gasteiger partial charge in [-0.15, -0.1) is 0 Å². The average molecular weight is 396 g/mol. The minimum absolute atomic E-state index is 0.248. The van der Waals surface area contributed by atoms with Crippen LogP contribution < -0.4 is 15.5 Å². The second kappa shape index (κ2) is 7.29. The number of aromatic nitrogens is 1. The molecule has 3 rings (SSSR count). The molecule has 0 unspecified atom stereocenters. The number of halogens is 2. The van der Waals surface area contributed by atoms with Crippen molar-refractivity contribution in [1.82, 2.24) is 10.3 Å². The molecule has 1 fully saturated rings. The van der Waals surface area contributed by atoms with Crippen LogP contribution in [0.4, 0.5) is 11.5 Å². The van der Waals surface area contributed by atoms with Crippen molar-refractivity contribution in [3.05, 3.63) is 51.6 Å². The number of piperazine rings is 1. The summed E-state index contributed by atoms with van der Waals surface area (Å²) in [6, 6.07) is 8.88. The Labute approximate surface area is 148 Å². The molecule has 0 bridgehead atoms. The molecule has 2 N–H and O–H groups in total. The number of nitrogens with zero attached hydrogens (tertiary/aromatic N) is 2. The van der Waals surface area contributed by atoms with Gasteiger partial charge in [-0.2, -0.15) is 0 Å². The van der Waals surface area contributed by atoms with Gasteiger partial charge in [0.15, 0.2) is 0 Å². The van der Waals surface area contributed by atoms with Crippen molar-refractivity contribution >= 4 is 44.9 Å². The van der Waals surface area contributed by atoms with Gasteiger partial charge < -0.3 is 15.5 Å². The molecule has 0 aliphatic carbocycles. The van der Waals surface area contributed by atoms with Gasteiger partial charge in [-0.3, -0.25) is 4.79 Å². The zero-order valence-electron chi connectivity index (χ0n) is 12.4. The van der Waals surface area contributed by atoms with Crippen molar-refractivity contribution in [2.75, 3.05) is 36.4 Å². The van der Waals surface area contributed by atoms with Gasteiger partial charge in [0.05, 0.1) is 17.4 Å². The van der Waals surface area contributed by atoms with Crippen molar-refractivity contribution in [2.24, 2.45) is 0 Å². The van der Waals surface area contributed by atoms with Crippen LogP contribution >= 0.6 is 27.5 Å². The summed E-state index contributed by atoms with van der Waals surface area (Å²) in [6.07, 6.45) is 1.79. The lowest BCUT2D eigenvalue weighted by atomic mass is 10.2. The average Bonchev–Trinajstić information content (AvgIpc) is 2.58. The molecule has 1 saturated heterocycles. The summed E-state index contributed by atoms with van der Waals surface area (Å²) in [6.45, 7) is 3.87. The first-order valence-electron chi connectivity index (χ1n) is 7.31. The van der Waals surface area contributed by atoms with Crippen molar-refractivity contribution in [2.45, 2.75) is 0 Å². The third-order valence-electron chi connectivity index (χ3n) is 3.64. The molecule has 1 aromatic heterocycles. The molecule has 1 amide bonds. The second-order valence-corrected chi connectivity index (χ2v) is 6.51. The highest BCUT2D eigenvalue weighted by atomic mass is 79.9. The molecule has 23 heavy (non-hydrogen) atoms. The van der Waals surface area contributed by atoms with Gasteiger partial charge in [-0.25, -0.2) is 4.98 Å². The van der Waals surface area contributed by atoms with E-state index < -0.39 is 0 Å². The van der Waals surface area contributed by atoms with E-state index in [2.05, 4.69) is 36.4 Å². The minimum atomic E-state index is -0.248. The van der Waals surface area contributed by atoms with Crippen LogP contribution in [0.2, 0.25) is 5.02 Å². The van der Waals surface area contributed by atoms with E-state index in [0.717, 1.165) is 31.9 Å². The maximum atomic E-state index is 12.3. The molecule has 2 heterocycles. The Morgan fingerprint density at radius 1 is 1.26 bits per heavy atom. The van der Waals surface area contributed by atoms with E-state index in [-0.39, 0.29) is 5.91 Å². The molecule has 0 atom stereocenters. The third kappa shape index (κ3) is 4.02. The van der Waals surface area contributed by atoms with E-state index in [9.17, 15) is 4.79 Å². The fourth-order valence-corrected chi connectivity index (χ4v) is 3.02. The Bertz CT molecular complexity index is 702. The van der Waals surface area contributed by atoms with E-state index in [0.29, 0.717) is 20.9 Å². The number of rotatable bonds is 3. The predicted molar refractivity (Wildman–Crippen MR) is 96.4 cm³/mol. The fourth-order valence-electron chi connectivity index (χ4n) is 2.43. The van der Waals surface area contributed by atoms with E-state index >= 15 is 0 Å². The maximum Gasteiger partial charge on any atom is 0.258 e. The summed E-state index contributed by atoms with van der Waals surface area (Å²) in [5.74, 6) is 0.266. The Balaban J connectivity index is 1.70. The molecule has 0 radical (unpaired) electrons. The zero-order valence-corrected chi connectivity index (χ0v) is 14.7. The van der Waals surface area contributed by atoms with E-state index in [4.69, 9.17) is 11.6 Å². The van der Waals surface area contributed by atoms with Crippen LogP contribution in [0, 0.1) is 0 Å². The van der Waals surface area contributed by atoms with E-state index in [1.54, 1.807) is 24.4 Å². The number of nitrogens with one attached hydrogen (secondary N) is 2. The normalized spacial score (nSPS) is 14.6. The molecule has 1 aromatic carbocycles. The van der Waals surface area contributed by atoms with Crippen LogP contribution in [-0.4, -0.2) is 37.1 Å². The quantitative estimate of drug-likeness (QED) is 0.838. The van der Waals surface area contributed by atoms with Crippen molar-refractivity contribution in [3.63, 3.8) is 0 Å². The summed E-state index contributed by atoms with van der Waals surface area (Å²) in [5, 5.41) is 6.62. The number of carbonyl (C=O) groups is 1. The van der Waals surface area contributed by atoms with Gasteiger partial charge in [0, 0.05) is 35.7 Å². The van der Waals surface area contributed by atoms with E-state index in [1.165, 1.54) is 0 Å². The molecule has 0 spiro atoms. The van der Waals surface area contributed by atoms with Crippen LogP contribution in [0.5, 0.6) is 0 Å². The monoisotopic (exact) mass is 394 g/mol. The van der Waals surface area contributed by atoms with Gasteiger partial charge in [0.2, 0.25) is 0 Å². The molecule has 1 aliphatic rings. The molecule has 5 nitrogen and oxygen atoms in total. The minimum Gasteiger partial charge on any atom is -0.368 e. The van der Waals surface area contributed by atoms with Crippen LogP contribution in [0.15, 0.2) is 41.0 Å². The fraction of sp³-hybridized carbons (Fsp3) is 0.250. The number of hydrogen-bond acceptors (Lipinski definition) is 4. The standard InChI is InChI=1S/C16H16BrClN4O/c17-14-3-1-11(18)9-13(14)16(23)21-15-4-2-12(10-20-15)22-7-5-19-6-8-22/h1-4,9-10,19H,5-8H2,(H,20,21,23). The van der Waals surface area contributed by atoms with Gasteiger partial charge in [0.25, 0.3) is 5.91 Å². The summed E-state index contributed by atoms with van der Waals surface area (Å²) in [7, 11) is 0. The zero-order chi connectivity index (χ0) is 16.2. The number of amides is 1. The van der Waals surface area contributed by atoms with Crippen LogP contribution in [0.1, 0.15) is 10.4 Å². The first-order valence-corrected chi connectivity index (χ1v) is 8.49. The Hall–Kier alpha value is -1.63. The van der Waals surface area contributed by atoms with Crippen LogP contribution in [-0.2, 0) is 0 Å². The highest BCUT2D eigenvalue weighted by Crippen LogP contribution is 2.22. The van der Waals surface area contributed by atoms with Crippen LogP contribution in [0.25, 0.3) is 0 Å². The molecule has 2 aromatic rings. The number of carbonyl (C=O) groups excluding carboxylic acids is 1.